The Balaban J connectivity index is 2.18. The van der Waals surface area contributed by atoms with Gasteiger partial charge in [0.25, 0.3) is 0 Å². The first-order valence-electron chi connectivity index (χ1n) is 4.07. The maximum Gasteiger partial charge on any atom is 0.139 e. The quantitative estimate of drug-likeness (QED) is 0.772. The van der Waals surface area contributed by atoms with E-state index in [1.807, 2.05) is 6.92 Å². The molecule has 2 heterocycles. The monoisotopic (exact) mass is 211 g/mol. The Hall–Kier alpha value is -1.34. The van der Waals surface area contributed by atoms with Gasteiger partial charge in [0.2, 0.25) is 0 Å². The van der Waals surface area contributed by atoms with Gasteiger partial charge in [0.05, 0.1) is 25.0 Å². The molecule has 2 aromatic heterocycles. The summed E-state index contributed by atoms with van der Waals surface area (Å²) in [6, 6.07) is 0. The van der Waals surface area contributed by atoms with E-state index >= 15 is 0 Å². The van der Waals surface area contributed by atoms with Crippen molar-refractivity contribution in [2.45, 2.75) is 20.1 Å². The molecule has 0 aliphatic heterocycles. The van der Waals surface area contributed by atoms with Crippen molar-refractivity contribution >= 4 is 11.3 Å². The van der Waals surface area contributed by atoms with Crippen molar-refractivity contribution in [3.05, 3.63) is 21.9 Å². The fraction of sp³-hybridized carbons (Fsp3) is 0.429. The molecule has 2 aromatic rings. The minimum atomic E-state index is -0.0647. The molecular formula is C7H9N5OS. The molecule has 6 nitrogen and oxygen atoms in total. The van der Waals surface area contributed by atoms with Crippen LogP contribution in [0.4, 0.5) is 0 Å². The Morgan fingerprint density at radius 2 is 2.36 bits per heavy atom. The molecule has 74 valence electrons. The molecule has 0 spiro atoms. The lowest BCUT2D eigenvalue weighted by Gasteiger charge is -1.99. The van der Waals surface area contributed by atoms with Crippen LogP contribution in [0.2, 0.25) is 0 Å². The average molecular weight is 211 g/mol. The molecule has 2 rings (SSSR count). The predicted octanol–water partition coefficient (Wildman–Crippen LogP) is -0.0214. The second-order valence-corrected chi connectivity index (χ2v) is 4.02. The molecule has 0 aromatic carbocycles. The third-order valence-corrected chi connectivity index (χ3v) is 2.54. The average Bonchev–Trinajstić information content (AvgIpc) is 2.76. The van der Waals surface area contributed by atoms with Crippen LogP contribution in [-0.4, -0.2) is 30.3 Å². The highest BCUT2D eigenvalue weighted by molar-refractivity contribution is 7.11. The lowest BCUT2D eigenvalue weighted by atomic mass is 10.5. The van der Waals surface area contributed by atoms with Crippen molar-refractivity contribution in [2.24, 2.45) is 0 Å². The number of hydrogen-bond donors (Lipinski definition) is 1. The van der Waals surface area contributed by atoms with E-state index in [4.69, 9.17) is 5.11 Å². The first kappa shape index (κ1) is 9.22. The number of aromatic nitrogens is 5. The molecule has 0 aliphatic rings. The third kappa shape index (κ3) is 1.78. The summed E-state index contributed by atoms with van der Waals surface area (Å²) in [6.45, 7) is 2.35. The fourth-order valence-electron chi connectivity index (χ4n) is 1.06. The van der Waals surface area contributed by atoms with Gasteiger partial charge in [-0.1, -0.05) is 16.6 Å². The summed E-state index contributed by atoms with van der Waals surface area (Å²) in [7, 11) is 0. The third-order valence-electron chi connectivity index (χ3n) is 1.71. The highest BCUT2D eigenvalue weighted by Crippen LogP contribution is 2.10. The minimum absolute atomic E-state index is 0.0647. The molecule has 0 bridgehead atoms. The fourth-order valence-corrected chi connectivity index (χ4v) is 1.76. The number of nitrogens with zero attached hydrogens (tertiary/aromatic N) is 5. The molecule has 0 amide bonds. The Bertz CT molecular complexity index is 423. The zero-order valence-corrected chi connectivity index (χ0v) is 8.40. The number of rotatable bonds is 3. The Kier molecular flexibility index (Phi) is 2.51. The zero-order chi connectivity index (χ0) is 9.97. The van der Waals surface area contributed by atoms with Gasteiger partial charge in [0.1, 0.15) is 10.0 Å². The Morgan fingerprint density at radius 3 is 3.00 bits per heavy atom. The molecule has 1 N–H and O–H groups in total. The van der Waals surface area contributed by atoms with Gasteiger partial charge in [0, 0.05) is 0 Å². The summed E-state index contributed by atoms with van der Waals surface area (Å²) < 4.78 is 1.61. The summed E-state index contributed by atoms with van der Waals surface area (Å²) in [6.07, 6.45) is 1.54. The van der Waals surface area contributed by atoms with Gasteiger partial charge in [0.15, 0.2) is 0 Å². The van der Waals surface area contributed by atoms with Crippen LogP contribution in [0.1, 0.15) is 15.7 Å². The van der Waals surface area contributed by atoms with E-state index in [0.29, 0.717) is 12.2 Å². The topological polar surface area (TPSA) is 76.7 Å². The van der Waals surface area contributed by atoms with Gasteiger partial charge in [-0.05, 0) is 6.92 Å². The van der Waals surface area contributed by atoms with Crippen molar-refractivity contribution in [1.82, 2.24) is 25.2 Å². The number of aryl methyl sites for hydroxylation is 1. The standard InChI is InChI=1S/C7H9N5OS/c1-5-9-10-7(14-5)3-12-6(4-13)2-8-11-12/h2,13H,3-4H2,1H3. The van der Waals surface area contributed by atoms with Crippen LogP contribution in [0, 0.1) is 6.92 Å². The first-order chi connectivity index (χ1) is 6.79. The molecule has 0 aliphatic carbocycles. The number of aliphatic hydroxyl groups excluding tert-OH is 1. The molecule has 7 heteroatoms. The van der Waals surface area contributed by atoms with Crippen molar-refractivity contribution in [3.63, 3.8) is 0 Å². The predicted molar refractivity (Wildman–Crippen MR) is 49.7 cm³/mol. The molecule has 0 saturated heterocycles. The zero-order valence-electron chi connectivity index (χ0n) is 7.58. The molecule has 0 radical (unpaired) electrons. The van der Waals surface area contributed by atoms with E-state index in [1.54, 1.807) is 4.68 Å². The Morgan fingerprint density at radius 1 is 1.50 bits per heavy atom. The summed E-state index contributed by atoms with van der Waals surface area (Å²) in [5.41, 5.74) is 0.679. The van der Waals surface area contributed by atoms with Gasteiger partial charge in [-0.15, -0.1) is 15.3 Å². The lowest BCUT2D eigenvalue weighted by Crippen LogP contribution is -2.06. The second-order valence-electron chi connectivity index (χ2n) is 2.76. The van der Waals surface area contributed by atoms with Crippen LogP contribution in [0.15, 0.2) is 6.20 Å². The summed E-state index contributed by atoms with van der Waals surface area (Å²) in [5, 5.41) is 26.1. The van der Waals surface area contributed by atoms with Crippen molar-refractivity contribution < 1.29 is 5.11 Å². The SMILES string of the molecule is Cc1nnc(Cn2nncc2CO)s1. The summed E-state index contributed by atoms with van der Waals surface area (Å²) in [5.74, 6) is 0. The van der Waals surface area contributed by atoms with Gasteiger partial charge >= 0.3 is 0 Å². The number of hydrogen-bond acceptors (Lipinski definition) is 6. The van der Waals surface area contributed by atoms with Crippen molar-refractivity contribution in [3.8, 4) is 0 Å². The second kappa shape index (κ2) is 3.81. The molecule has 0 atom stereocenters. The van der Waals surface area contributed by atoms with Crippen LogP contribution in [0.3, 0.4) is 0 Å². The van der Waals surface area contributed by atoms with E-state index in [-0.39, 0.29) is 6.61 Å². The highest BCUT2D eigenvalue weighted by Gasteiger charge is 2.06. The van der Waals surface area contributed by atoms with Crippen LogP contribution in [-0.2, 0) is 13.2 Å². The van der Waals surface area contributed by atoms with Gasteiger partial charge < -0.3 is 5.11 Å². The van der Waals surface area contributed by atoms with Crippen LogP contribution in [0.25, 0.3) is 0 Å². The normalized spacial score (nSPS) is 10.7. The van der Waals surface area contributed by atoms with E-state index in [9.17, 15) is 0 Å². The number of aliphatic hydroxyl groups is 1. The van der Waals surface area contributed by atoms with Crippen LogP contribution < -0.4 is 0 Å². The summed E-state index contributed by atoms with van der Waals surface area (Å²) >= 11 is 1.51. The van der Waals surface area contributed by atoms with Crippen molar-refractivity contribution in [1.29, 1.82) is 0 Å². The van der Waals surface area contributed by atoms with E-state index in [1.165, 1.54) is 17.5 Å². The van der Waals surface area contributed by atoms with E-state index in [0.717, 1.165) is 10.0 Å². The van der Waals surface area contributed by atoms with E-state index in [2.05, 4.69) is 20.5 Å². The highest BCUT2D eigenvalue weighted by atomic mass is 32.1. The maximum absolute atomic E-state index is 8.96. The first-order valence-corrected chi connectivity index (χ1v) is 4.88. The molecule has 0 saturated carbocycles. The Labute approximate surface area is 84.2 Å². The molecule has 0 unspecified atom stereocenters. The van der Waals surface area contributed by atoms with Gasteiger partial charge in [-0.25, -0.2) is 4.68 Å². The smallest absolute Gasteiger partial charge is 0.139 e. The molecule has 14 heavy (non-hydrogen) atoms. The molecular weight excluding hydrogens is 202 g/mol. The maximum atomic E-state index is 8.96. The summed E-state index contributed by atoms with van der Waals surface area (Å²) in [4.78, 5) is 0. The molecule has 0 fully saturated rings. The largest absolute Gasteiger partial charge is 0.390 e. The lowest BCUT2D eigenvalue weighted by molar-refractivity contribution is 0.269. The van der Waals surface area contributed by atoms with Crippen LogP contribution >= 0.6 is 11.3 Å². The van der Waals surface area contributed by atoms with Crippen molar-refractivity contribution in [2.75, 3.05) is 0 Å². The van der Waals surface area contributed by atoms with E-state index < -0.39 is 0 Å². The van der Waals surface area contributed by atoms with Gasteiger partial charge in [-0.3, -0.25) is 0 Å². The minimum Gasteiger partial charge on any atom is -0.390 e. The van der Waals surface area contributed by atoms with Crippen LogP contribution in [0.5, 0.6) is 0 Å². The van der Waals surface area contributed by atoms with Gasteiger partial charge in [-0.2, -0.15) is 0 Å².